The van der Waals surface area contributed by atoms with Gasteiger partial charge in [0.25, 0.3) is 0 Å². The van der Waals surface area contributed by atoms with Crippen LogP contribution in [-0.4, -0.2) is 35.1 Å². The second kappa shape index (κ2) is 5.72. The van der Waals surface area contributed by atoms with E-state index in [4.69, 9.17) is 0 Å². The Morgan fingerprint density at radius 1 is 1.30 bits per heavy atom. The van der Waals surface area contributed by atoms with Crippen LogP contribution in [0.3, 0.4) is 0 Å². The molecule has 1 N–H and O–H groups in total. The van der Waals surface area contributed by atoms with Gasteiger partial charge in [-0.15, -0.1) is 0 Å². The van der Waals surface area contributed by atoms with Crippen LogP contribution in [-0.2, 0) is 0 Å². The minimum Gasteiger partial charge on any atom is -0.364 e. The Balaban J connectivity index is 1.87. The van der Waals surface area contributed by atoms with E-state index in [1.807, 2.05) is 18.2 Å². The number of hydrogen-bond donors (Lipinski definition) is 1. The van der Waals surface area contributed by atoms with Gasteiger partial charge < -0.3 is 10.2 Å². The monoisotopic (exact) mass is 376 g/mol. The number of nitrogens with one attached hydrogen (secondary N) is 1. The number of anilines is 1. The second-order valence-corrected chi connectivity index (χ2v) is 7.20. The van der Waals surface area contributed by atoms with Gasteiger partial charge in [0.05, 0.1) is 10.4 Å². The second-order valence-electron chi connectivity index (χ2n) is 6.28. The summed E-state index contributed by atoms with van der Waals surface area (Å²) >= 11 is 3.47. The maximum absolute atomic E-state index is 11.6. The Morgan fingerprint density at radius 2 is 2.13 bits per heavy atom. The van der Waals surface area contributed by atoms with Crippen LogP contribution in [0.1, 0.15) is 19.3 Å². The van der Waals surface area contributed by atoms with E-state index in [9.17, 15) is 10.1 Å². The molecule has 2 aromatic rings. The minimum absolute atomic E-state index is 0.0911. The Kier molecular flexibility index (Phi) is 3.69. The molecule has 2 saturated heterocycles. The number of rotatable bonds is 2. The molecule has 1 aromatic carbocycles. The summed E-state index contributed by atoms with van der Waals surface area (Å²) < 4.78 is 0.906. The standard InChI is InChI=1S/C16H17BrN4O2/c17-10-1-4-14-13(7-10)16(15(8-18-14)21(22)23)20-6-5-11-2-3-12(9-20)19-11/h1,4,7-8,11-12,19H,2-3,5-6,9H2. The first-order valence-corrected chi connectivity index (χ1v) is 8.65. The minimum atomic E-state index is -0.320. The fourth-order valence-electron chi connectivity index (χ4n) is 3.75. The zero-order valence-electron chi connectivity index (χ0n) is 12.5. The highest BCUT2D eigenvalue weighted by atomic mass is 79.9. The SMILES string of the molecule is O=[N+]([O-])c1cnc2ccc(Br)cc2c1N1CCC2CCC(C1)N2. The van der Waals surface area contributed by atoms with E-state index < -0.39 is 0 Å². The van der Waals surface area contributed by atoms with Crippen LogP contribution >= 0.6 is 15.9 Å². The van der Waals surface area contributed by atoms with E-state index in [-0.39, 0.29) is 10.6 Å². The van der Waals surface area contributed by atoms with Crippen molar-refractivity contribution in [1.29, 1.82) is 0 Å². The molecule has 23 heavy (non-hydrogen) atoms. The molecule has 0 amide bonds. The Morgan fingerprint density at radius 3 is 2.96 bits per heavy atom. The molecule has 120 valence electrons. The van der Waals surface area contributed by atoms with Gasteiger partial charge in [-0.2, -0.15) is 0 Å². The number of nitrogens with zero attached hydrogens (tertiary/aromatic N) is 3. The summed E-state index contributed by atoms with van der Waals surface area (Å²) in [5.74, 6) is 0. The summed E-state index contributed by atoms with van der Waals surface area (Å²) in [6.07, 6.45) is 4.76. The number of benzene rings is 1. The average molecular weight is 377 g/mol. The first-order valence-electron chi connectivity index (χ1n) is 7.85. The predicted octanol–water partition coefficient (Wildman–Crippen LogP) is 3.24. The summed E-state index contributed by atoms with van der Waals surface area (Å²) in [5, 5.41) is 16.0. The average Bonchev–Trinajstić information content (AvgIpc) is 2.85. The molecule has 4 rings (SSSR count). The molecule has 2 bridgehead atoms. The Hall–Kier alpha value is -1.73. The van der Waals surface area contributed by atoms with Crippen molar-refractivity contribution in [3.63, 3.8) is 0 Å². The number of aromatic nitrogens is 1. The fraction of sp³-hybridized carbons (Fsp3) is 0.438. The molecule has 1 aromatic heterocycles. The third-order valence-electron chi connectivity index (χ3n) is 4.82. The van der Waals surface area contributed by atoms with Gasteiger partial charge in [-0.25, -0.2) is 4.98 Å². The van der Waals surface area contributed by atoms with Crippen LogP contribution in [0.5, 0.6) is 0 Å². The maximum atomic E-state index is 11.6. The zero-order valence-corrected chi connectivity index (χ0v) is 14.1. The van der Waals surface area contributed by atoms with E-state index >= 15 is 0 Å². The lowest BCUT2D eigenvalue weighted by atomic mass is 10.1. The molecule has 2 atom stereocenters. The number of pyridine rings is 1. The normalized spacial score (nSPS) is 24.0. The van der Waals surface area contributed by atoms with Crippen molar-refractivity contribution in [2.75, 3.05) is 18.0 Å². The first-order chi connectivity index (χ1) is 11.1. The smallest absolute Gasteiger partial charge is 0.311 e. The Bertz CT molecular complexity index is 782. The quantitative estimate of drug-likeness (QED) is 0.643. The molecule has 0 saturated carbocycles. The van der Waals surface area contributed by atoms with Gasteiger partial charge in [0.15, 0.2) is 0 Å². The summed E-state index contributed by atoms with van der Waals surface area (Å²) in [6.45, 7) is 1.64. The van der Waals surface area contributed by atoms with Crippen LogP contribution in [0, 0.1) is 10.1 Å². The van der Waals surface area contributed by atoms with Gasteiger partial charge in [0.1, 0.15) is 11.9 Å². The fourth-order valence-corrected chi connectivity index (χ4v) is 4.11. The van der Waals surface area contributed by atoms with Gasteiger partial charge in [-0.1, -0.05) is 15.9 Å². The van der Waals surface area contributed by atoms with Gasteiger partial charge in [0, 0.05) is 35.0 Å². The largest absolute Gasteiger partial charge is 0.364 e. The summed E-state index contributed by atoms with van der Waals surface area (Å²) in [5.41, 5.74) is 1.58. The van der Waals surface area contributed by atoms with Crippen LogP contribution in [0.25, 0.3) is 10.9 Å². The first kappa shape index (κ1) is 14.8. The van der Waals surface area contributed by atoms with E-state index in [2.05, 4.69) is 31.1 Å². The molecule has 2 aliphatic rings. The summed E-state index contributed by atoms with van der Waals surface area (Å²) in [7, 11) is 0. The molecule has 0 spiro atoms. The van der Waals surface area contributed by atoms with Gasteiger partial charge >= 0.3 is 5.69 Å². The van der Waals surface area contributed by atoms with E-state index in [0.29, 0.717) is 17.8 Å². The van der Waals surface area contributed by atoms with Gasteiger partial charge in [-0.05, 0) is 37.5 Å². The molecule has 6 nitrogen and oxygen atoms in total. The van der Waals surface area contributed by atoms with E-state index in [1.165, 1.54) is 12.6 Å². The van der Waals surface area contributed by atoms with Crippen molar-refractivity contribution in [2.45, 2.75) is 31.3 Å². The van der Waals surface area contributed by atoms with Crippen molar-refractivity contribution in [1.82, 2.24) is 10.3 Å². The summed E-state index contributed by atoms with van der Waals surface area (Å²) in [6, 6.07) is 6.70. The van der Waals surface area contributed by atoms with Crippen LogP contribution in [0.2, 0.25) is 0 Å². The maximum Gasteiger partial charge on any atom is 0.311 e. The number of halogens is 1. The van der Waals surface area contributed by atoms with Crippen molar-refractivity contribution in [3.05, 3.63) is 39.0 Å². The number of nitro groups is 1. The lowest BCUT2D eigenvalue weighted by Crippen LogP contribution is -2.35. The van der Waals surface area contributed by atoms with E-state index in [0.717, 1.165) is 41.3 Å². The molecule has 7 heteroatoms. The Labute approximate surface area is 142 Å². The number of hydrogen-bond acceptors (Lipinski definition) is 5. The molecular weight excluding hydrogens is 360 g/mol. The highest BCUT2D eigenvalue weighted by molar-refractivity contribution is 9.10. The van der Waals surface area contributed by atoms with Gasteiger partial charge in [-0.3, -0.25) is 10.1 Å². The topological polar surface area (TPSA) is 71.3 Å². The third kappa shape index (κ3) is 2.68. The molecular formula is C16H17BrN4O2. The van der Waals surface area contributed by atoms with Crippen molar-refractivity contribution >= 4 is 38.2 Å². The predicted molar refractivity (Wildman–Crippen MR) is 92.9 cm³/mol. The molecule has 2 aliphatic heterocycles. The highest BCUT2D eigenvalue weighted by Crippen LogP contribution is 2.37. The molecule has 0 radical (unpaired) electrons. The lowest BCUT2D eigenvalue weighted by Gasteiger charge is -2.27. The van der Waals surface area contributed by atoms with Crippen LogP contribution in [0.15, 0.2) is 28.9 Å². The van der Waals surface area contributed by atoms with Gasteiger partial charge in [0.2, 0.25) is 0 Å². The third-order valence-corrected chi connectivity index (χ3v) is 5.31. The van der Waals surface area contributed by atoms with Crippen molar-refractivity contribution < 1.29 is 4.92 Å². The van der Waals surface area contributed by atoms with Crippen LogP contribution < -0.4 is 10.2 Å². The zero-order chi connectivity index (χ0) is 16.0. The lowest BCUT2D eigenvalue weighted by molar-refractivity contribution is -0.384. The molecule has 0 aliphatic carbocycles. The highest BCUT2D eigenvalue weighted by Gasteiger charge is 2.32. The van der Waals surface area contributed by atoms with Crippen molar-refractivity contribution in [2.24, 2.45) is 0 Å². The molecule has 3 heterocycles. The van der Waals surface area contributed by atoms with Crippen molar-refractivity contribution in [3.8, 4) is 0 Å². The van der Waals surface area contributed by atoms with Crippen LogP contribution in [0.4, 0.5) is 11.4 Å². The number of fused-ring (bicyclic) bond motifs is 3. The van der Waals surface area contributed by atoms with E-state index in [1.54, 1.807) is 0 Å². The molecule has 2 fully saturated rings. The molecule has 2 unspecified atom stereocenters. The summed E-state index contributed by atoms with van der Waals surface area (Å²) in [4.78, 5) is 17.7.